The maximum atomic E-state index is 6.05. The Morgan fingerprint density at radius 1 is 1.31 bits per heavy atom. The normalized spacial score (nSPS) is 25.4. The highest BCUT2D eigenvalue weighted by atomic mass is 79.9. The van der Waals surface area contributed by atoms with Crippen LogP contribution in [0.25, 0.3) is 0 Å². The lowest BCUT2D eigenvalue weighted by Crippen LogP contribution is -2.43. The molecule has 2 rings (SSSR count). The molecule has 0 heterocycles. The third-order valence-corrected chi connectivity index (χ3v) is 3.65. The number of likely N-dealkylation sites (N-methyl/N-ethyl adjacent to an activating group) is 1. The van der Waals surface area contributed by atoms with E-state index in [-0.39, 0.29) is 0 Å². The fourth-order valence-electron chi connectivity index (χ4n) is 2.28. The van der Waals surface area contributed by atoms with Crippen LogP contribution in [-0.4, -0.2) is 19.2 Å². The van der Waals surface area contributed by atoms with Gasteiger partial charge in [0.1, 0.15) is 11.9 Å². The van der Waals surface area contributed by atoms with Crippen molar-refractivity contribution in [2.75, 3.05) is 7.05 Å². The summed E-state index contributed by atoms with van der Waals surface area (Å²) >= 11 is 3.46. The number of benzene rings is 1. The van der Waals surface area contributed by atoms with Crippen LogP contribution >= 0.6 is 15.9 Å². The fraction of sp³-hybridized carbons (Fsp3) is 0.538. The molecule has 0 saturated heterocycles. The Kier molecular flexibility index (Phi) is 4.24. The van der Waals surface area contributed by atoms with Gasteiger partial charge in [-0.3, -0.25) is 0 Å². The van der Waals surface area contributed by atoms with Gasteiger partial charge in [0.05, 0.1) is 0 Å². The topological polar surface area (TPSA) is 21.3 Å². The van der Waals surface area contributed by atoms with Gasteiger partial charge in [-0.2, -0.15) is 0 Å². The van der Waals surface area contributed by atoms with E-state index in [2.05, 4.69) is 21.2 Å². The zero-order valence-electron chi connectivity index (χ0n) is 9.58. The van der Waals surface area contributed by atoms with Crippen molar-refractivity contribution in [2.45, 2.75) is 37.8 Å². The highest BCUT2D eigenvalue weighted by Gasteiger charge is 2.25. The van der Waals surface area contributed by atoms with Gasteiger partial charge in [-0.25, -0.2) is 0 Å². The van der Waals surface area contributed by atoms with Crippen LogP contribution in [0.4, 0.5) is 0 Å². The van der Waals surface area contributed by atoms with Crippen LogP contribution in [0.15, 0.2) is 28.7 Å². The highest BCUT2D eigenvalue weighted by Crippen LogP contribution is 2.25. The molecular weight excluding hydrogens is 266 g/mol. The molecule has 0 spiro atoms. The van der Waals surface area contributed by atoms with Crippen LogP contribution in [-0.2, 0) is 0 Å². The van der Waals surface area contributed by atoms with Crippen molar-refractivity contribution in [1.29, 1.82) is 0 Å². The molecule has 0 aromatic heterocycles. The lowest BCUT2D eigenvalue weighted by atomic mass is 9.92. The van der Waals surface area contributed by atoms with Gasteiger partial charge in [0.2, 0.25) is 0 Å². The van der Waals surface area contributed by atoms with Crippen LogP contribution in [0, 0.1) is 0 Å². The summed E-state index contributed by atoms with van der Waals surface area (Å²) in [4.78, 5) is 0. The predicted octanol–water partition coefficient (Wildman–Crippen LogP) is 3.36. The number of ether oxygens (including phenoxy) is 1. The minimum absolute atomic E-state index is 0.313. The molecule has 1 aromatic carbocycles. The number of hydrogen-bond donors (Lipinski definition) is 1. The summed E-state index contributed by atoms with van der Waals surface area (Å²) in [5.41, 5.74) is 0. The quantitative estimate of drug-likeness (QED) is 0.919. The minimum atomic E-state index is 0.313. The average Bonchev–Trinajstić information content (AvgIpc) is 2.30. The van der Waals surface area contributed by atoms with Crippen molar-refractivity contribution in [3.63, 3.8) is 0 Å². The van der Waals surface area contributed by atoms with Crippen LogP contribution in [0.1, 0.15) is 25.7 Å². The monoisotopic (exact) mass is 283 g/mol. The first-order valence-corrected chi connectivity index (χ1v) is 6.68. The summed E-state index contributed by atoms with van der Waals surface area (Å²) in [5.74, 6) is 0.960. The second-order valence-electron chi connectivity index (χ2n) is 4.29. The molecule has 2 unspecified atom stereocenters. The summed E-state index contributed by atoms with van der Waals surface area (Å²) in [5, 5.41) is 3.35. The Hall–Kier alpha value is -0.540. The number of rotatable bonds is 3. The number of halogens is 1. The maximum Gasteiger partial charge on any atom is 0.120 e. The Labute approximate surface area is 106 Å². The lowest BCUT2D eigenvalue weighted by molar-refractivity contribution is 0.118. The SMILES string of the molecule is CNC1CCCCC1Oc1cccc(Br)c1. The summed E-state index contributed by atoms with van der Waals surface area (Å²) in [6.45, 7) is 0. The molecule has 1 aliphatic carbocycles. The molecule has 3 heteroatoms. The van der Waals surface area contributed by atoms with E-state index >= 15 is 0 Å². The summed E-state index contributed by atoms with van der Waals surface area (Å²) < 4.78 is 7.12. The van der Waals surface area contributed by atoms with Crippen molar-refractivity contribution in [2.24, 2.45) is 0 Å². The van der Waals surface area contributed by atoms with Crippen LogP contribution < -0.4 is 10.1 Å². The summed E-state index contributed by atoms with van der Waals surface area (Å²) in [6.07, 6.45) is 5.27. The second-order valence-corrected chi connectivity index (χ2v) is 5.21. The zero-order valence-corrected chi connectivity index (χ0v) is 11.2. The largest absolute Gasteiger partial charge is 0.489 e. The standard InChI is InChI=1S/C13H18BrNO/c1-15-12-7-2-3-8-13(12)16-11-6-4-5-10(14)9-11/h4-6,9,12-13,15H,2-3,7-8H2,1H3. The molecule has 1 aromatic rings. The fourth-order valence-corrected chi connectivity index (χ4v) is 2.66. The van der Waals surface area contributed by atoms with Crippen LogP contribution in [0.3, 0.4) is 0 Å². The Balaban J connectivity index is 2.02. The maximum absolute atomic E-state index is 6.05. The Morgan fingerprint density at radius 3 is 2.88 bits per heavy atom. The van der Waals surface area contributed by atoms with Gasteiger partial charge >= 0.3 is 0 Å². The van der Waals surface area contributed by atoms with E-state index in [0.29, 0.717) is 12.1 Å². The van der Waals surface area contributed by atoms with Gasteiger partial charge < -0.3 is 10.1 Å². The first-order valence-electron chi connectivity index (χ1n) is 5.89. The molecule has 2 nitrogen and oxygen atoms in total. The molecule has 1 saturated carbocycles. The molecule has 1 fully saturated rings. The molecule has 0 radical (unpaired) electrons. The van der Waals surface area contributed by atoms with E-state index in [9.17, 15) is 0 Å². The molecule has 16 heavy (non-hydrogen) atoms. The molecule has 88 valence electrons. The smallest absolute Gasteiger partial charge is 0.120 e. The molecular formula is C13H18BrNO. The third-order valence-electron chi connectivity index (χ3n) is 3.16. The van der Waals surface area contributed by atoms with Crippen molar-refractivity contribution in [1.82, 2.24) is 5.32 Å². The second kappa shape index (κ2) is 5.69. The molecule has 0 amide bonds. The van der Waals surface area contributed by atoms with Crippen molar-refractivity contribution < 1.29 is 4.74 Å². The number of hydrogen-bond acceptors (Lipinski definition) is 2. The van der Waals surface area contributed by atoms with Gasteiger partial charge in [-0.1, -0.05) is 28.4 Å². The van der Waals surface area contributed by atoms with Gasteiger partial charge in [0.25, 0.3) is 0 Å². The molecule has 1 N–H and O–H groups in total. The first kappa shape index (κ1) is 11.9. The van der Waals surface area contributed by atoms with E-state index < -0.39 is 0 Å². The highest BCUT2D eigenvalue weighted by molar-refractivity contribution is 9.10. The molecule has 2 atom stereocenters. The molecule has 1 aliphatic rings. The van der Waals surface area contributed by atoms with E-state index in [1.807, 2.05) is 31.3 Å². The van der Waals surface area contributed by atoms with Gasteiger partial charge in [-0.05, 0) is 44.5 Å². The Morgan fingerprint density at radius 2 is 2.12 bits per heavy atom. The third kappa shape index (κ3) is 2.98. The van der Waals surface area contributed by atoms with E-state index in [4.69, 9.17) is 4.74 Å². The van der Waals surface area contributed by atoms with Gasteiger partial charge in [0, 0.05) is 10.5 Å². The molecule has 0 bridgehead atoms. The molecule has 0 aliphatic heterocycles. The average molecular weight is 284 g/mol. The van der Waals surface area contributed by atoms with E-state index in [1.54, 1.807) is 0 Å². The van der Waals surface area contributed by atoms with Crippen LogP contribution in [0.5, 0.6) is 5.75 Å². The van der Waals surface area contributed by atoms with Crippen molar-refractivity contribution >= 4 is 15.9 Å². The van der Waals surface area contributed by atoms with Crippen molar-refractivity contribution in [3.05, 3.63) is 28.7 Å². The lowest BCUT2D eigenvalue weighted by Gasteiger charge is -2.31. The first-order chi connectivity index (χ1) is 7.79. The minimum Gasteiger partial charge on any atom is -0.489 e. The summed E-state index contributed by atoms with van der Waals surface area (Å²) in [6, 6.07) is 8.57. The van der Waals surface area contributed by atoms with E-state index in [1.165, 1.54) is 19.3 Å². The van der Waals surface area contributed by atoms with Gasteiger partial charge in [-0.15, -0.1) is 0 Å². The van der Waals surface area contributed by atoms with Gasteiger partial charge in [0.15, 0.2) is 0 Å². The number of nitrogens with one attached hydrogen (secondary N) is 1. The Bertz CT molecular complexity index is 342. The van der Waals surface area contributed by atoms with E-state index in [0.717, 1.165) is 16.6 Å². The predicted molar refractivity (Wildman–Crippen MR) is 69.9 cm³/mol. The van der Waals surface area contributed by atoms with Crippen LogP contribution in [0.2, 0.25) is 0 Å². The van der Waals surface area contributed by atoms with Crippen molar-refractivity contribution in [3.8, 4) is 5.75 Å². The zero-order chi connectivity index (χ0) is 11.4. The summed E-state index contributed by atoms with van der Waals surface area (Å²) in [7, 11) is 2.02.